The van der Waals surface area contributed by atoms with Crippen molar-refractivity contribution in [3.63, 3.8) is 0 Å². The maximum absolute atomic E-state index is 11.4. The summed E-state index contributed by atoms with van der Waals surface area (Å²) in [6.07, 6.45) is 2.15. The molecule has 0 saturated heterocycles. The summed E-state index contributed by atoms with van der Waals surface area (Å²) in [5, 5.41) is 6.14. The number of rotatable bonds is 7. The Hall–Kier alpha value is -1.29. The van der Waals surface area contributed by atoms with Crippen LogP contribution in [0.2, 0.25) is 0 Å². The lowest BCUT2D eigenvalue weighted by Gasteiger charge is -2.11. The van der Waals surface area contributed by atoms with Crippen molar-refractivity contribution in [1.29, 1.82) is 0 Å². The lowest BCUT2D eigenvalue weighted by Crippen LogP contribution is -2.31. The molecule has 0 aliphatic rings. The topological polar surface area (TPSA) is 54.3 Å². The van der Waals surface area contributed by atoms with E-state index >= 15 is 0 Å². The van der Waals surface area contributed by atoms with Gasteiger partial charge in [0, 0.05) is 19.5 Å². The number of nitrogens with one attached hydrogen (secondary N) is 2. The SMILES string of the molecule is CC(C)CNC(=O)CCNC(C)c1ccco1. The third kappa shape index (κ3) is 5.54. The molecule has 1 heterocycles. The first-order valence-electron chi connectivity index (χ1n) is 6.13. The first-order valence-corrected chi connectivity index (χ1v) is 6.13. The van der Waals surface area contributed by atoms with Gasteiger partial charge in [0.25, 0.3) is 0 Å². The van der Waals surface area contributed by atoms with Crippen LogP contribution in [0.15, 0.2) is 22.8 Å². The fourth-order valence-electron chi connectivity index (χ4n) is 1.45. The lowest BCUT2D eigenvalue weighted by atomic mass is 10.2. The molecule has 4 nitrogen and oxygen atoms in total. The molecule has 1 amide bonds. The Kier molecular flexibility index (Phi) is 5.77. The van der Waals surface area contributed by atoms with E-state index in [9.17, 15) is 4.79 Å². The summed E-state index contributed by atoms with van der Waals surface area (Å²) in [4.78, 5) is 11.4. The molecule has 1 atom stereocenters. The molecule has 1 aromatic rings. The van der Waals surface area contributed by atoms with Crippen LogP contribution in [0.25, 0.3) is 0 Å². The summed E-state index contributed by atoms with van der Waals surface area (Å²) < 4.78 is 5.27. The van der Waals surface area contributed by atoms with Gasteiger partial charge in [-0.05, 0) is 25.0 Å². The third-order valence-corrected chi connectivity index (χ3v) is 2.48. The fourth-order valence-corrected chi connectivity index (χ4v) is 1.45. The van der Waals surface area contributed by atoms with E-state index in [0.29, 0.717) is 18.9 Å². The Morgan fingerprint density at radius 3 is 2.76 bits per heavy atom. The molecule has 1 rings (SSSR count). The highest BCUT2D eigenvalue weighted by Crippen LogP contribution is 2.11. The minimum absolute atomic E-state index is 0.0952. The number of carbonyl (C=O) groups excluding carboxylic acids is 1. The van der Waals surface area contributed by atoms with Crippen molar-refractivity contribution in [2.45, 2.75) is 33.2 Å². The Bertz CT molecular complexity index is 320. The van der Waals surface area contributed by atoms with Crippen molar-refractivity contribution < 1.29 is 9.21 Å². The minimum Gasteiger partial charge on any atom is -0.468 e. The second-order valence-corrected chi connectivity index (χ2v) is 4.64. The lowest BCUT2D eigenvalue weighted by molar-refractivity contribution is -0.121. The molecule has 0 aliphatic carbocycles. The van der Waals surface area contributed by atoms with Gasteiger partial charge in [-0.1, -0.05) is 13.8 Å². The summed E-state index contributed by atoms with van der Waals surface area (Å²) in [5.41, 5.74) is 0. The van der Waals surface area contributed by atoms with Crippen LogP contribution in [0.4, 0.5) is 0 Å². The molecule has 2 N–H and O–H groups in total. The molecule has 4 heteroatoms. The van der Waals surface area contributed by atoms with Crippen LogP contribution in [0.1, 0.15) is 39.0 Å². The highest BCUT2D eigenvalue weighted by atomic mass is 16.3. The maximum atomic E-state index is 11.4. The molecule has 0 radical (unpaired) electrons. The molecule has 0 aromatic carbocycles. The fraction of sp³-hybridized carbons (Fsp3) is 0.615. The van der Waals surface area contributed by atoms with Crippen molar-refractivity contribution >= 4 is 5.91 Å². The monoisotopic (exact) mass is 238 g/mol. The second kappa shape index (κ2) is 7.12. The summed E-state index contributed by atoms with van der Waals surface area (Å²) >= 11 is 0. The summed E-state index contributed by atoms with van der Waals surface area (Å²) in [5.74, 6) is 1.49. The van der Waals surface area contributed by atoms with Crippen molar-refractivity contribution in [3.05, 3.63) is 24.2 Å². The van der Waals surface area contributed by atoms with E-state index in [1.807, 2.05) is 19.1 Å². The van der Waals surface area contributed by atoms with Crippen LogP contribution in [-0.4, -0.2) is 19.0 Å². The van der Waals surface area contributed by atoms with E-state index in [1.54, 1.807) is 6.26 Å². The normalized spacial score (nSPS) is 12.7. The average molecular weight is 238 g/mol. The van der Waals surface area contributed by atoms with Gasteiger partial charge in [0.05, 0.1) is 12.3 Å². The minimum atomic E-state index is 0.0952. The van der Waals surface area contributed by atoms with Crippen molar-refractivity contribution in [2.75, 3.05) is 13.1 Å². The molecule has 17 heavy (non-hydrogen) atoms. The van der Waals surface area contributed by atoms with Crippen LogP contribution in [0, 0.1) is 5.92 Å². The predicted molar refractivity (Wildman–Crippen MR) is 67.6 cm³/mol. The Labute approximate surface area is 103 Å². The molecule has 0 spiro atoms. The van der Waals surface area contributed by atoms with Gasteiger partial charge >= 0.3 is 0 Å². The molecule has 1 aromatic heterocycles. The summed E-state index contributed by atoms with van der Waals surface area (Å²) in [6.45, 7) is 7.58. The van der Waals surface area contributed by atoms with Crippen molar-refractivity contribution in [1.82, 2.24) is 10.6 Å². The highest BCUT2D eigenvalue weighted by Gasteiger charge is 2.08. The smallest absolute Gasteiger partial charge is 0.221 e. The molecular formula is C13H22N2O2. The molecule has 1 unspecified atom stereocenters. The van der Waals surface area contributed by atoms with Crippen LogP contribution in [0.5, 0.6) is 0 Å². The zero-order valence-corrected chi connectivity index (χ0v) is 10.8. The van der Waals surface area contributed by atoms with Gasteiger partial charge in [0.1, 0.15) is 5.76 Å². The molecule has 0 bridgehead atoms. The zero-order chi connectivity index (χ0) is 12.7. The van der Waals surface area contributed by atoms with Crippen molar-refractivity contribution in [3.8, 4) is 0 Å². The van der Waals surface area contributed by atoms with Crippen LogP contribution in [0.3, 0.4) is 0 Å². The largest absolute Gasteiger partial charge is 0.468 e. The van der Waals surface area contributed by atoms with Crippen LogP contribution < -0.4 is 10.6 Å². The quantitative estimate of drug-likeness (QED) is 0.764. The van der Waals surface area contributed by atoms with E-state index in [0.717, 1.165) is 12.3 Å². The van der Waals surface area contributed by atoms with Gasteiger partial charge in [0.15, 0.2) is 0 Å². The number of amides is 1. The summed E-state index contributed by atoms with van der Waals surface area (Å²) in [6, 6.07) is 3.93. The Morgan fingerprint density at radius 1 is 1.41 bits per heavy atom. The molecule has 0 aliphatic heterocycles. The van der Waals surface area contributed by atoms with E-state index in [4.69, 9.17) is 4.42 Å². The van der Waals surface area contributed by atoms with Gasteiger partial charge < -0.3 is 15.1 Å². The molecule has 0 saturated carbocycles. The third-order valence-electron chi connectivity index (χ3n) is 2.48. The standard InChI is InChI=1S/C13H22N2O2/c1-10(2)9-15-13(16)6-7-14-11(3)12-5-4-8-17-12/h4-5,8,10-11,14H,6-7,9H2,1-3H3,(H,15,16). The summed E-state index contributed by atoms with van der Waals surface area (Å²) in [7, 11) is 0. The number of carbonyl (C=O) groups is 1. The first-order chi connectivity index (χ1) is 8.09. The maximum Gasteiger partial charge on any atom is 0.221 e. The Morgan fingerprint density at radius 2 is 2.18 bits per heavy atom. The van der Waals surface area contributed by atoms with Gasteiger partial charge in [-0.15, -0.1) is 0 Å². The van der Waals surface area contributed by atoms with E-state index in [-0.39, 0.29) is 11.9 Å². The number of hydrogen-bond acceptors (Lipinski definition) is 3. The molecular weight excluding hydrogens is 216 g/mol. The van der Waals surface area contributed by atoms with Crippen LogP contribution >= 0.6 is 0 Å². The zero-order valence-electron chi connectivity index (χ0n) is 10.8. The highest BCUT2D eigenvalue weighted by molar-refractivity contribution is 5.76. The van der Waals surface area contributed by atoms with E-state index < -0.39 is 0 Å². The number of hydrogen-bond donors (Lipinski definition) is 2. The van der Waals surface area contributed by atoms with Crippen LogP contribution in [-0.2, 0) is 4.79 Å². The predicted octanol–water partition coefficient (Wildman–Crippen LogP) is 2.09. The van der Waals surface area contributed by atoms with Gasteiger partial charge in [-0.3, -0.25) is 4.79 Å². The van der Waals surface area contributed by atoms with Gasteiger partial charge in [-0.25, -0.2) is 0 Å². The average Bonchev–Trinajstić information content (AvgIpc) is 2.79. The Balaban J connectivity index is 2.13. The molecule has 96 valence electrons. The second-order valence-electron chi connectivity index (χ2n) is 4.64. The van der Waals surface area contributed by atoms with Gasteiger partial charge in [0.2, 0.25) is 5.91 Å². The molecule has 0 fully saturated rings. The first kappa shape index (κ1) is 13.8. The van der Waals surface area contributed by atoms with Crippen molar-refractivity contribution in [2.24, 2.45) is 5.92 Å². The van der Waals surface area contributed by atoms with E-state index in [2.05, 4.69) is 24.5 Å². The van der Waals surface area contributed by atoms with E-state index in [1.165, 1.54) is 0 Å². The van der Waals surface area contributed by atoms with Gasteiger partial charge in [-0.2, -0.15) is 0 Å². The number of furan rings is 1.